The van der Waals surface area contributed by atoms with Crippen molar-refractivity contribution in [3.63, 3.8) is 0 Å². The average molecular weight is 433 g/mol. The molecule has 2 atom stereocenters. The second kappa shape index (κ2) is 8.57. The van der Waals surface area contributed by atoms with Crippen LogP contribution in [0.4, 0.5) is 11.6 Å². The van der Waals surface area contributed by atoms with Crippen molar-refractivity contribution in [2.24, 2.45) is 0 Å². The number of morpholine rings is 1. The molecule has 0 saturated carbocycles. The first kappa shape index (κ1) is 19.9. The van der Waals surface area contributed by atoms with Crippen LogP contribution in [-0.4, -0.2) is 45.5 Å². The number of anilines is 2. The van der Waals surface area contributed by atoms with Gasteiger partial charge in [0.1, 0.15) is 0 Å². The molecule has 2 heterocycles. The van der Waals surface area contributed by atoms with Gasteiger partial charge in [-0.1, -0.05) is 52.6 Å². The molecule has 1 saturated heterocycles. The fraction of sp³-hybridized carbons (Fsp3) is 0.350. The fourth-order valence-electron chi connectivity index (χ4n) is 3.63. The van der Waals surface area contributed by atoms with E-state index in [0.717, 1.165) is 18.7 Å². The van der Waals surface area contributed by atoms with E-state index in [2.05, 4.69) is 57.8 Å². The van der Waals surface area contributed by atoms with Crippen LogP contribution in [0.15, 0.2) is 42.5 Å². The summed E-state index contributed by atoms with van der Waals surface area (Å²) in [5.74, 6) is 0.493. The molecule has 0 radical (unpaired) electrons. The maximum absolute atomic E-state index is 6.33. The molecule has 7 nitrogen and oxygen atoms in total. The van der Waals surface area contributed by atoms with Gasteiger partial charge in [-0.05, 0) is 48.0 Å². The van der Waals surface area contributed by atoms with Crippen LogP contribution >= 0.6 is 23.2 Å². The SMILES string of the molecule is CC1CN(c2ccccc2CNc2nnnn2-c2cccc(Cl)c2Cl)CC(C)O1. The zero-order chi connectivity index (χ0) is 20.4. The van der Waals surface area contributed by atoms with E-state index >= 15 is 0 Å². The van der Waals surface area contributed by atoms with Gasteiger partial charge in [-0.15, -0.1) is 0 Å². The Bertz CT molecular complexity index is 985. The van der Waals surface area contributed by atoms with E-state index < -0.39 is 0 Å². The second-order valence-electron chi connectivity index (χ2n) is 7.13. The van der Waals surface area contributed by atoms with Crippen molar-refractivity contribution in [1.29, 1.82) is 0 Å². The molecule has 0 bridgehead atoms. The minimum Gasteiger partial charge on any atom is -0.372 e. The first-order valence-corrected chi connectivity index (χ1v) is 10.2. The Balaban J connectivity index is 1.56. The van der Waals surface area contributed by atoms with Gasteiger partial charge >= 0.3 is 0 Å². The first-order chi connectivity index (χ1) is 14.0. The average Bonchev–Trinajstić information content (AvgIpc) is 3.16. The Morgan fingerprint density at radius 2 is 1.76 bits per heavy atom. The number of ether oxygens (including phenoxy) is 1. The van der Waals surface area contributed by atoms with Gasteiger partial charge in [0.05, 0.1) is 27.9 Å². The molecule has 1 aliphatic rings. The molecule has 2 aromatic carbocycles. The van der Waals surface area contributed by atoms with Gasteiger partial charge in [0, 0.05) is 25.3 Å². The lowest BCUT2D eigenvalue weighted by molar-refractivity contribution is -0.00525. The molecule has 1 aliphatic heterocycles. The fourth-order valence-corrected chi connectivity index (χ4v) is 4.01. The van der Waals surface area contributed by atoms with Crippen LogP contribution in [-0.2, 0) is 11.3 Å². The number of para-hydroxylation sites is 1. The first-order valence-electron chi connectivity index (χ1n) is 9.48. The molecule has 0 amide bonds. The Morgan fingerprint density at radius 1 is 1.03 bits per heavy atom. The highest BCUT2D eigenvalue weighted by atomic mass is 35.5. The summed E-state index contributed by atoms with van der Waals surface area (Å²) in [5, 5.41) is 16.1. The van der Waals surface area contributed by atoms with Gasteiger partial charge < -0.3 is 15.0 Å². The summed E-state index contributed by atoms with van der Waals surface area (Å²) in [4.78, 5) is 2.37. The molecule has 2 unspecified atom stereocenters. The summed E-state index contributed by atoms with van der Waals surface area (Å²) >= 11 is 12.5. The molecule has 152 valence electrons. The van der Waals surface area contributed by atoms with Crippen molar-refractivity contribution < 1.29 is 4.74 Å². The molecule has 29 heavy (non-hydrogen) atoms. The largest absolute Gasteiger partial charge is 0.372 e. The van der Waals surface area contributed by atoms with E-state index in [4.69, 9.17) is 27.9 Å². The number of rotatable bonds is 5. The molecule has 1 fully saturated rings. The Morgan fingerprint density at radius 3 is 2.55 bits per heavy atom. The molecule has 4 rings (SSSR count). The number of aromatic nitrogens is 4. The lowest BCUT2D eigenvalue weighted by Gasteiger charge is -2.37. The molecule has 9 heteroatoms. The summed E-state index contributed by atoms with van der Waals surface area (Å²) in [6.07, 6.45) is 0.383. The molecular weight excluding hydrogens is 411 g/mol. The summed E-state index contributed by atoms with van der Waals surface area (Å²) in [6.45, 7) is 6.49. The van der Waals surface area contributed by atoms with E-state index in [-0.39, 0.29) is 12.2 Å². The summed E-state index contributed by atoms with van der Waals surface area (Å²) in [6, 6.07) is 13.7. The zero-order valence-electron chi connectivity index (χ0n) is 16.2. The number of nitrogens with one attached hydrogen (secondary N) is 1. The molecule has 1 N–H and O–H groups in total. The minimum atomic E-state index is 0.192. The van der Waals surface area contributed by atoms with Crippen molar-refractivity contribution in [3.05, 3.63) is 58.1 Å². The predicted octanol–water partition coefficient (Wildman–Crippen LogP) is 4.19. The molecule has 1 aromatic heterocycles. The topological polar surface area (TPSA) is 68.1 Å². The van der Waals surface area contributed by atoms with Crippen LogP contribution in [0.3, 0.4) is 0 Å². The zero-order valence-corrected chi connectivity index (χ0v) is 17.7. The number of hydrogen-bond acceptors (Lipinski definition) is 6. The monoisotopic (exact) mass is 432 g/mol. The number of nitrogens with zero attached hydrogens (tertiary/aromatic N) is 5. The highest BCUT2D eigenvalue weighted by molar-refractivity contribution is 6.43. The van der Waals surface area contributed by atoms with Crippen LogP contribution < -0.4 is 10.2 Å². The van der Waals surface area contributed by atoms with Crippen molar-refractivity contribution in [1.82, 2.24) is 20.2 Å². The molecule has 0 spiro atoms. The van der Waals surface area contributed by atoms with Gasteiger partial charge in [0.15, 0.2) is 0 Å². The molecule has 3 aromatic rings. The lowest BCUT2D eigenvalue weighted by atomic mass is 10.1. The third-order valence-corrected chi connectivity index (χ3v) is 5.63. The van der Waals surface area contributed by atoms with Crippen molar-refractivity contribution in [2.75, 3.05) is 23.3 Å². The van der Waals surface area contributed by atoms with Crippen molar-refractivity contribution >= 4 is 34.8 Å². The maximum atomic E-state index is 6.33. The third kappa shape index (κ3) is 4.32. The van der Waals surface area contributed by atoms with Crippen molar-refractivity contribution in [2.45, 2.75) is 32.6 Å². The van der Waals surface area contributed by atoms with E-state index in [1.165, 1.54) is 5.69 Å². The van der Waals surface area contributed by atoms with Crippen LogP contribution in [0.2, 0.25) is 10.0 Å². The lowest BCUT2D eigenvalue weighted by Crippen LogP contribution is -2.45. The Hall–Kier alpha value is -2.35. The van der Waals surface area contributed by atoms with Gasteiger partial charge in [0.2, 0.25) is 5.95 Å². The summed E-state index contributed by atoms with van der Waals surface area (Å²) in [7, 11) is 0. The van der Waals surface area contributed by atoms with E-state index in [0.29, 0.717) is 28.2 Å². The third-order valence-electron chi connectivity index (χ3n) is 4.82. The minimum absolute atomic E-state index is 0.192. The normalized spacial score (nSPS) is 19.4. The quantitative estimate of drug-likeness (QED) is 0.651. The van der Waals surface area contributed by atoms with Crippen LogP contribution in [0, 0.1) is 0 Å². The highest BCUT2D eigenvalue weighted by Gasteiger charge is 2.24. The Labute approximate surface area is 179 Å². The van der Waals surface area contributed by atoms with E-state index in [1.807, 2.05) is 18.2 Å². The standard InChI is InChI=1S/C20H22Cl2N6O/c1-13-11-27(12-14(2)29-13)17-8-4-3-6-15(17)10-23-20-24-25-26-28(20)18-9-5-7-16(21)19(18)22/h3-9,13-14H,10-12H2,1-2H3,(H,23,24,26). The highest BCUT2D eigenvalue weighted by Crippen LogP contribution is 2.30. The Kier molecular flexibility index (Phi) is 5.89. The van der Waals surface area contributed by atoms with E-state index in [9.17, 15) is 0 Å². The summed E-state index contributed by atoms with van der Waals surface area (Å²) < 4.78 is 7.42. The van der Waals surface area contributed by atoms with Crippen LogP contribution in [0.1, 0.15) is 19.4 Å². The number of hydrogen-bond donors (Lipinski definition) is 1. The maximum Gasteiger partial charge on any atom is 0.248 e. The van der Waals surface area contributed by atoms with Gasteiger partial charge in [-0.2, -0.15) is 4.68 Å². The molecule has 0 aliphatic carbocycles. The number of halogens is 2. The van der Waals surface area contributed by atoms with Gasteiger partial charge in [-0.3, -0.25) is 0 Å². The number of tetrazole rings is 1. The van der Waals surface area contributed by atoms with Gasteiger partial charge in [0.25, 0.3) is 0 Å². The smallest absolute Gasteiger partial charge is 0.248 e. The second-order valence-corrected chi connectivity index (χ2v) is 7.92. The number of benzene rings is 2. The van der Waals surface area contributed by atoms with Crippen LogP contribution in [0.25, 0.3) is 5.69 Å². The van der Waals surface area contributed by atoms with Crippen molar-refractivity contribution in [3.8, 4) is 5.69 Å². The summed E-state index contributed by atoms with van der Waals surface area (Å²) in [5.41, 5.74) is 2.96. The predicted molar refractivity (Wildman–Crippen MR) is 115 cm³/mol. The van der Waals surface area contributed by atoms with E-state index in [1.54, 1.807) is 10.7 Å². The molecular formula is C20H22Cl2N6O. The van der Waals surface area contributed by atoms with Gasteiger partial charge in [-0.25, -0.2) is 0 Å². The van der Waals surface area contributed by atoms with Crippen LogP contribution in [0.5, 0.6) is 0 Å².